The van der Waals surface area contributed by atoms with Crippen LogP contribution < -0.4 is 38.1 Å². The first kappa shape index (κ1) is 42.9. The zero-order chi connectivity index (χ0) is 39.8. The normalized spacial score (nSPS) is 14.2. The highest BCUT2D eigenvalue weighted by Gasteiger charge is 2.33. The maximum Gasteiger partial charge on any atom is 0.326 e. The molecule has 6 amide bonds. The Bertz CT molecular complexity index is 1630. The number of nitrogens with two attached hydrogens (primary N) is 2. The van der Waals surface area contributed by atoms with Crippen molar-refractivity contribution in [2.24, 2.45) is 11.5 Å². The summed E-state index contributed by atoms with van der Waals surface area (Å²) in [7, 11) is 0. The van der Waals surface area contributed by atoms with E-state index in [9.17, 15) is 63.9 Å². The van der Waals surface area contributed by atoms with Crippen molar-refractivity contribution < 1.29 is 63.9 Å². The number of hydrogen-bond acceptors (Lipinski definition) is 12. The first-order valence-electron chi connectivity index (χ1n) is 16.1. The van der Waals surface area contributed by atoms with Gasteiger partial charge in [0, 0.05) is 19.3 Å². The van der Waals surface area contributed by atoms with E-state index in [1.54, 1.807) is 0 Å². The number of carbonyl (C=O) groups excluding carboxylic acids is 6. The number of nitrogens with one attached hydrogen (secondary N) is 5. The van der Waals surface area contributed by atoms with Gasteiger partial charge in [-0.2, -0.15) is 0 Å². The Hall–Kier alpha value is -6.28. The number of aliphatic hydroxyl groups is 1. The predicted octanol–water partition coefficient (Wildman–Crippen LogP) is -3.53. The number of carboxylic acid groups (broad SMARTS) is 2. The molecular formula is C33H43N7O13. The van der Waals surface area contributed by atoms with Crippen molar-refractivity contribution in [3.05, 3.63) is 59.7 Å². The minimum Gasteiger partial charge on any atom is -0.508 e. The number of aromatic hydroxyl groups is 2. The van der Waals surface area contributed by atoms with Gasteiger partial charge in [-0.3, -0.25) is 33.6 Å². The fourth-order valence-corrected chi connectivity index (χ4v) is 4.65. The number of hydrogen-bond donors (Lipinski definition) is 12. The Labute approximate surface area is 302 Å². The molecule has 0 saturated carbocycles. The highest BCUT2D eigenvalue weighted by molar-refractivity contribution is 5.97. The summed E-state index contributed by atoms with van der Waals surface area (Å²) in [6.45, 7) is 0.444. The predicted molar refractivity (Wildman–Crippen MR) is 182 cm³/mol. The zero-order valence-electron chi connectivity index (χ0n) is 28.5. The maximum absolute atomic E-state index is 13.4. The number of aliphatic hydroxyl groups excluding tert-OH is 1. The van der Waals surface area contributed by atoms with Crippen molar-refractivity contribution >= 4 is 47.4 Å². The average Bonchev–Trinajstić information content (AvgIpc) is 3.08. The first-order valence-corrected chi connectivity index (χ1v) is 16.1. The van der Waals surface area contributed by atoms with Crippen LogP contribution in [-0.4, -0.2) is 116 Å². The van der Waals surface area contributed by atoms with E-state index in [-0.39, 0.29) is 24.3 Å². The summed E-state index contributed by atoms with van der Waals surface area (Å²) >= 11 is 0. The quantitative estimate of drug-likeness (QED) is 0.0589. The molecule has 0 saturated heterocycles. The minimum absolute atomic E-state index is 0.0561. The molecule has 2 aromatic carbocycles. The van der Waals surface area contributed by atoms with E-state index >= 15 is 0 Å². The summed E-state index contributed by atoms with van der Waals surface area (Å²) in [6, 6.07) is 3.15. The molecule has 20 nitrogen and oxygen atoms in total. The molecule has 0 fully saturated rings. The zero-order valence-corrected chi connectivity index (χ0v) is 28.5. The van der Waals surface area contributed by atoms with E-state index in [1.807, 2.05) is 0 Å². The summed E-state index contributed by atoms with van der Waals surface area (Å²) < 4.78 is 0. The molecule has 0 spiro atoms. The molecule has 0 aliphatic heterocycles. The Balaban J connectivity index is 2.20. The Kier molecular flexibility index (Phi) is 16.6. The van der Waals surface area contributed by atoms with Gasteiger partial charge in [0.05, 0.1) is 19.1 Å². The van der Waals surface area contributed by atoms with Crippen molar-refractivity contribution in [3.63, 3.8) is 0 Å². The van der Waals surface area contributed by atoms with Crippen molar-refractivity contribution in [2.45, 2.75) is 75.3 Å². The largest absolute Gasteiger partial charge is 0.508 e. The van der Waals surface area contributed by atoms with E-state index in [0.717, 1.165) is 0 Å². The number of carboxylic acids is 2. The molecule has 2 rings (SSSR count). The van der Waals surface area contributed by atoms with Gasteiger partial charge in [0.15, 0.2) is 0 Å². The summed E-state index contributed by atoms with van der Waals surface area (Å²) in [5.74, 6) is -9.23. The molecule has 288 valence electrons. The number of benzene rings is 2. The minimum atomic E-state index is -1.87. The van der Waals surface area contributed by atoms with Gasteiger partial charge in [-0.15, -0.1) is 0 Å². The number of aliphatic carboxylic acids is 2. The van der Waals surface area contributed by atoms with Crippen LogP contribution in [0.5, 0.6) is 11.5 Å². The lowest BCUT2D eigenvalue weighted by atomic mass is 10.0. The monoisotopic (exact) mass is 745 g/mol. The van der Waals surface area contributed by atoms with Crippen LogP contribution in [0, 0.1) is 0 Å². The molecule has 0 aliphatic rings. The Morgan fingerprint density at radius 2 is 1.13 bits per heavy atom. The number of phenolic OH excluding ortho intramolecular Hbond substituents is 2. The van der Waals surface area contributed by atoms with Gasteiger partial charge in [-0.05, 0) is 48.7 Å². The molecule has 0 aliphatic carbocycles. The van der Waals surface area contributed by atoms with E-state index in [0.29, 0.717) is 11.1 Å². The molecule has 0 bridgehead atoms. The first-order chi connectivity index (χ1) is 24.9. The Morgan fingerprint density at radius 3 is 1.60 bits per heavy atom. The third-order valence-electron chi connectivity index (χ3n) is 7.59. The number of amides is 6. The lowest BCUT2D eigenvalue weighted by molar-refractivity contribution is -0.141. The molecule has 0 unspecified atom stereocenters. The number of phenols is 2. The van der Waals surface area contributed by atoms with Crippen LogP contribution in [-0.2, 0) is 51.2 Å². The van der Waals surface area contributed by atoms with Crippen LogP contribution in [0.2, 0.25) is 0 Å². The van der Waals surface area contributed by atoms with Crippen molar-refractivity contribution in [2.75, 3.05) is 6.54 Å². The standard InChI is InChI=1S/C33H43N7O13/c1-16(41)28(35)32(51)40-22(12-17-2-6-19(42)7-3-17)30(49)39-23(14-27(46)47)31(50)38-21(10-11-25(34)44)29(48)36-15-26(45)37-24(33(52)53)13-18-4-8-20(43)9-5-18/h2-9,16,21-24,28,41-43H,10-15,35H2,1H3,(H2,34,44)(H,36,48)(H,37,45)(H,38,50)(H,39,49)(H,40,51)(H,46,47)(H,52,53)/t16-,21+,22+,23+,24+,28+/m1/s1. The van der Waals surface area contributed by atoms with Crippen LogP contribution in [0.25, 0.3) is 0 Å². The molecule has 2 aromatic rings. The fourth-order valence-electron chi connectivity index (χ4n) is 4.65. The fraction of sp³-hybridized carbons (Fsp3) is 0.394. The lowest BCUT2D eigenvalue weighted by Crippen LogP contribution is -2.59. The van der Waals surface area contributed by atoms with Gasteiger partial charge in [0.2, 0.25) is 35.4 Å². The van der Waals surface area contributed by atoms with Crippen LogP contribution in [0.1, 0.15) is 37.3 Å². The molecule has 0 aromatic heterocycles. The van der Waals surface area contributed by atoms with Gasteiger partial charge in [0.25, 0.3) is 0 Å². The second kappa shape index (κ2) is 20.5. The molecule has 0 heterocycles. The SMILES string of the molecule is C[C@@H](O)[C@H](N)C(=O)N[C@@H](Cc1ccc(O)cc1)C(=O)N[C@@H](CC(=O)O)C(=O)N[C@@H](CCC(N)=O)C(=O)NCC(=O)N[C@@H](Cc1ccc(O)cc1)C(=O)O. The van der Waals surface area contributed by atoms with Gasteiger partial charge in [-0.25, -0.2) is 4.79 Å². The molecule has 20 heteroatoms. The highest BCUT2D eigenvalue weighted by atomic mass is 16.4. The topological polar surface area (TPSA) is 350 Å². The van der Waals surface area contributed by atoms with Gasteiger partial charge >= 0.3 is 11.9 Å². The van der Waals surface area contributed by atoms with Crippen molar-refractivity contribution in [1.82, 2.24) is 26.6 Å². The van der Waals surface area contributed by atoms with Crippen molar-refractivity contribution in [3.8, 4) is 11.5 Å². The number of carbonyl (C=O) groups is 8. The van der Waals surface area contributed by atoms with Crippen LogP contribution in [0.4, 0.5) is 0 Å². The highest BCUT2D eigenvalue weighted by Crippen LogP contribution is 2.13. The van der Waals surface area contributed by atoms with Crippen LogP contribution >= 0.6 is 0 Å². The second-order valence-electron chi connectivity index (χ2n) is 12.0. The Morgan fingerprint density at radius 1 is 0.660 bits per heavy atom. The smallest absolute Gasteiger partial charge is 0.326 e. The van der Waals surface area contributed by atoms with Gasteiger partial charge in [0.1, 0.15) is 41.7 Å². The number of rotatable bonds is 21. The third-order valence-corrected chi connectivity index (χ3v) is 7.59. The van der Waals surface area contributed by atoms with E-state index in [2.05, 4.69) is 26.6 Å². The summed E-state index contributed by atoms with van der Waals surface area (Å²) in [5.41, 5.74) is 11.8. The summed E-state index contributed by atoms with van der Waals surface area (Å²) in [5, 5.41) is 59.0. The van der Waals surface area contributed by atoms with E-state index < -0.39 is 110 Å². The van der Waals surface area contributed by atoms with E-state index in [4.69, 9.17) is 11.5 Å². The van der Waals surface area contributed by atoms with Gasteiger partial charge in [-0.1, -0.05) is 24.3 Å². The lowest BCUT2D eigenvalue weighted by Gasteiger charge is -2.25. The molecule has 0 radical (unpaired) electrons. The van der Waals surface area contributed by atoms with Crippen LogP contribution in [0.3, 0.4) is 0 Å². The molecule has 6 atom stereocenters. The van der Waals surface area contributed by atoms with Gasteiger partial charge < -0.3 is 63.6 Å². The van der Waals surface area contributed by atoms with Crippen molar-refractivity contribution in [1.29, 1.82) is 0 Å². The summed E-state index contributed by atoms with van der Waals surface area (Å²) in [4.78, 5) is 100. The third kappa shape index (κ3) is 15.2. The average molecular weight is 746 g/mol. The van der Waals surface area contributed by atoms with E-state index in [1.165, 1.54) is 55.5 Å². The van der Waals surface area contributed by atoms with Crippen LogP contribution in [0.15, 0.2) is 48.5 Å². The molecular weight excluding hydrogens is 702 g/mol. The number of primary amides is 1. The molecule has 53 heavy (non-hydrogen) atoms. The molecule has 14 N–H and O–H groups in total. The summed E-state index contributed by atoms with van der Waals surface area (Å²) in [6.07, 6.45) is -3.65. The second-order valence-corrected chi connectivity index (χ2v) is 12.0. The maximum atomic E-state index is 13.4.